The van der Waals surface area contributed by atoms with Crippen LogP contribution in [0.1, 0.15) is 17.7 Å². The van der Waals surface area contributed by atoms with Crippen LogP contribution in [0.5, 0.6) is 0 Å². The molecular formula is C19H22N8O8P2S2. The molecule has 3 unspecified atom stereocenters. The molecule has 39 heavy (non-hydrogen) atoms. The second kappa shape index (κ2) is 10.5. The molecule has 0 radical (unpaired) electrons. The molecule has 4 aromatic heterocycles. The predicted octanol–water partition coefficient (Wildman–Crippen LogP) is 0.615. The fourth-order valence-corrected chi connectivity index (χ4v) is 6.85. The van der Waals surface area contributed by atoms with Gasteiger partial charge in [-0.3, -0.25) is 9.09 Å². The normalized spacial score (nSPS) is 32.6. The summed E-state index contributed by atoms with van der Waals surface area (Å²) in [5, 5.41) is 11.2. The average Bonchev–Trinajstić information content (AvgIpc) is 3.56. The highest BCUT2D eigenvalue weighted by Gasteiger charge is 2.49. The van der Waals surface area contributed by atoms with Crippen molar-refractivity contribution in [2.24, 2.45) is 0 Å². The predicted molar refractivity (Wildman–Crippen MR) is 140 cm³/mol. The van der Waals surface area contributed by atoms with Crippen molar-refractivity contribution in [3.63, 3.8) is 0 Å². The Morgan fingerprint density at radius 3 is 2.69 bits per heavy atom. The average molecular weight is 617 g/mol. The molecule has 6 heterocycles. The van der Waals surface area contributed by atoms with E-state index in [9.17, 15) is 14.9 Å². The lowest BCUT2D eigenvalue weighted by Crippen LogP contribution is -2.35. The molecule has 0 spiro atoms. The Hall–Kier alpha value is -1.92. The van der Waals surface area contributed by atoms with Gasteiger partial charge in [0.25, 0.3) is 0 Å². The van der Waals surface area contributed by atoms with Gasteiger partial charge in [0, 0.05) is 6.54 Å². The van der Waals surface area contributed by atoms with E-state index in [1.165, 1.54) is 29.7 Å². The Labute approximate surface area is 230 Å². The number of aliphatic hydroxyl groups is 1. The van der Waals surface area contributed by atoms with Gasteiger partial charge < -0.3 is 37.8 Å². The van der Waals surface area contributed by atoms with Crippen molar-refractivity contribution in [3.8, 4) is 0 Å². The molecule has 208 valence electrons. The van der Waals surface area contributed by atoms with Crippen molar-refractivity contribution in [1.82, 2.24) is 39.0 Å². The minimum absolute atomic E-state index is 0.0561. The van der Waals surface area contributed by atoms with Gasteiger partial charge in [-0.15, -0.1) is 0 Å². The number of hydrogen-bond donors (Lipinski definition) is 3. The first-order valence-electron chi connectivity index (χ1n) is 11.5. The van der Waals surface area contributed by atoms with Gasteiger partial charge in [0.05, 0.1) is 31.4 Å². The standard InChI is InChI=1S/C19H22N8O8P2S2/c1-10-14-18(23-8-21-10)27(9-24-14)19-16-15(28)12(34-19)5-32-36(29,38)31-3-2-26-13(6-33-37(30,39)35-16)25-11-4-20-7-22-17(11)26/h4,7-9,12,15-16,19,28H,2-3,5-6H2,1H3,(H,29,38)(H,30,39)/t12-,15-,16-,19?,36?,37?/m1/s1. The third kappa shape index (κ3) is 5.40. The molecule has 2 aliphatic rings. The number of rotatable bonds is 1. The largest absolute Gasteiger partial charge is 0.387 e. The highest BCUT2D eigenvalue weighted by atomic mass is 32.5. The second-order valence-electron chi connectivity index (χ2n) is 8.66. The number of fused-ring (bicyclic) bond motifs is 6. The van der Waals surface area contributed by atoms with E-state index in [1.807, 2.05) is 0 Å². The summed E-state index contributed by atoms with van der Waals surface area (Å²) in [5.41, 5.74) is 2.49. The summed E-state index contributed by atoms with van der Waals surface area (Å²) in [6.45, 7) is -6.43. The van der Waals surface area contributed by atoms with Crippen LogP contribution in [0.4, 0.5) is 0 Å². The maximum Gasteiger partial charge on any atom is 0.325 e. The number of nitrogens with zero attached hydrogens (tertiary/aromatic N) is 8. The fourth-order valence-electron chi connectivity index (χ4n) is 4.39. The Morgan fingerprint density at radius 1 is 1.03 bits per heavy atom. The lowest BCUT2D eigenvalue weighted by Gasteiger charge is -2.26. The monoisotopic (exact) mass is 616 g/mol. The summed E-state index contributed by atoms with van der Waals surface area (Å²) in [6, 6.07) is 0. The number of ether oxygens (including phenoxy) is 1. The van der Waals surface area contributed by atoms with E-state index < -0.39 is 38.0 Å². The van der Waals surface area contributed by atoms with Gasteiger partial charge in [-0.25, -0.2) is 29.9 Å². The lowest BCUT2D eigenvalue weighted by molar-refractivity contribution is -0.0483. The zero-order valence-electron chi connectivity index (χ0n) is 20.1. The van der Waals surface area contributed by atoms with Crippen LogP contribution in [-0.4, -0.2) is 85.5 Å². The molecule has 20 heteroatoms. The quantitative estimate of drug-likeness (QED) is 0.252. The van der Waals surface area contributed by atoms with E-state index in [2.05, 4.69) is 29.9 Å². The number of aromatic nitrogens is 8. The van der Waals surface area contributed by atoms with Crippen molar-refractivity contribution in [2.75, 3.05) is 13.2 Å². The zero-order valence-corrected chi connectivity index (χ0v) is 23.5. The smallest absolute Gasteiger partial charge is 0.325 e. The summed E-state index contributed by atoms with van der Waals surface area (Å²) in [5.74, 6) is 0.341. The van der Waals surface area contributed by atoms with Crippen LogP contribution < -0.4 is 0 Å². The van der Waals surface area contributed by atoms with E-state index in [4.69, 9.17) is 46.4 Å². The number of hydrogen-bond acceptors (Lipinski definition) is 14. The van der Waals surface area contributed by atoms with E-state index in [1.54, 1.807) is 11.5 Å². The minimum atomic E-state index is -3.99. The number of imidazole rings is 2. The van der Waals surface area contributed by atoms with Crippen LogP contribution in [0.2, 0.25) is 0 Å². The molecule has 1 saturated heterocycles. The van der Waals surface area contributed by atoms with Crippen LogP contribution in [0, 0.1) is 6.92 Å². The third-order valence-corrected chi connectivity index (χ3v) is 9.36. The summed E-state index contributed by atoms with van der Waals surface area (Å²) in [7, 11) is 0. The van der Waals surface area contributed by atoms with Crippen molar-refractivity contribution >= 4 is 59.4 Å². The Balaban J connectivity index is 1.37. The maximum atomic E-state index is 11.2. The van der Waals surface area contributed by atoms with Crippen molar-refractivity contribution in [2.45, 2.75) is 44.6 Å². The Bertz CT molecular complexity index is 1640. The Morgan fingerprint density at radius 2 is 1.85 bits per heavy atom. The molecule has 0 aliphatic carbocycles. The van der Waals surface area contributed by atoms with E-state index in [-0.39, 0.29) is 26.4 Å². The summed E-state index contributed by atoms with van der Waals surface area (Å²) >= 11 is 10.5. The molecule has 6 rings (SSSR count). The Kier molecular flexibility index (Phi) is 7.33. The first-order chi connectivity index (χ1) is 18.6. The lowest BCUT2D eigenvalue weighted by atomic mass is 10.1. The third-order valence-electron chi connectivity index (χ3n) is 6.20. The molecule has 3 N–H and O–H groups in total. The minimum Gasteiger partial charge on any atom is -0.387 e. The molecule has 0 aromatic carbocycles. The molecule has 1 fully saturated rings. The van der Waals surface area contributed by atoms with Gasteiger partial charge in [-0.05, 0) is 30.5 Å². The highest BCUT2D eigenvalue weighted by Crippen LogP contribution is 2.51. The zero-order chi connectivity index (χ0) is 27.4. The summed E-state index contributed by atoms with van der Waals surface area (Å²) < 4.78 is 31.7. The van der Waals surface area contributed by atoms with Gasteiger partial charge in [-0.2, -0.15) is 0 Å². The summed E-state index contributed by atoms with van der Waals surface area (Å²) in [4.78, 5) is 47.1. The van der Waals surface area contributed by atoms with Gasteiger partial charge in [-0.1, -0.05) is 0 Å². The van der Waals surface area contributed by atoms with Crippen molar-refractivity contribution in [1.29, 1.82) is 0 Å². The molecular weight excluding hydrogens is 594 g/mol. The molecule has 0 saturated carbocycles. The van der Waals surface area contributed by atoms with E-state index >= 15 is 0 Å². The fraction of sp³-hybridized carbons (Fsp3) is 0.474. The van der Waals surface area contributed by atoms with Gasteiger partial charge in [0.15, 0.2) is 17.5 Å². The first-order valence-corrected chi connectivity index (χ1v) is 16.7. The van der Waals surface area contributed by atoms with Crippen LogP contribution in [0.3, 0.4) is 0 Å². The maximum absolute atomic E-state index is 11.2. The number of aryl methyl sites for hydroxylation is 1. The topological polar surface area (TPSA) is 194 Å². The van der Waals surface area contributed by atoms with Gasteiger partial charge in [0.1, 0.15) is 54.4 Å². The highest BCUT2D eigenvalue weighted by molar-refractivity contribution is 8.07. The van der Waals surface area contributed by atoms with Crippen molar-refractivity contribution in [3.05, 3.63) is 36.7 Å². The second-order valence-corrected chi connectivity index (χ2v) is 14.3. The molecule has 0 amide bonds. The number of aliphatic hydroxyl groups excluding tert-OH is 1. The molecule has 16 nitrogen and oxygen atoms in total. The summed E-state index contributed by atoms with van der Waals surface area (Å²) in [6.07, 6.45) is 0.966. The van der Waals surface area contributed by atoms with Crippen LogP contribution in [0.25, 0.3) is 22.3 Å². The van der Waals surface area contributed by atoms with Crippen LogP contribution >= 0.6 is 13.4 Å². The van der Waals surface area contributed by atoms with Crippen LogP contribution in [0.15, 0.2) is 25.2 Å². The SMILES string of the molecule is Cc1ncnc2c1ncn2C1O[C@@H]2COP(O)(=S)OCCn3c(nc4cncnc43)COP(O)(=S)O[C@@H]1[C@@H]2O. The molecule has 2 aliphatic heterocycles. The van der Waals surface area contributed by atoms with E-state index in [0.717, 1.165) is 0 Å². The molecule has 2 bridgehead atoms. The van der Waals surface area contributed by atoms with Crippen molar-refractivity contribution < 1.29 is 37.7 Å². The van der Waals surface area contributed by atoms with Gasteiger partial charge >= 0.3 is 13.4 Å². The molecule has 6 atom stereocenters. The molecule has 4 aromatic rings. The van der Waals surface area contributed by atoms with E-state index in [0.29, 0.717) is 33.8 Å². The van der Waals surface area contributed by atoms with Crippen LogP contribution in [-0.2, 0) is 59.6 Å². The van der Waals surface area contributed by atoms with Gasteiger partial charge in [0.2, 0.25) is 0 Å². The first kappa shape index (κ1) is 27.3.